The summed E-state index contributed by atoms with van der Waals surface area (Å²) in [5, 5.41) is 22.4. The number of piperidine rings is 1. The summed E-state index contributed by atoms with van der Waals surface area (Å²) in [6, 6.07) is 15.2. The summed E-state index contributed by atoms with van der Waals surface area (Å²) in [5.41, 5.74) is 3.76. The van der Waals surface area contributed by atoms with E-state index < -0.39 is 0 Å². The van der Waals surface area contributed by atoms with Gasteiger partial charge in [-0.15, -0.1) is 0 Å². The van der Waals surface area contributed by atoms with Gasteiger partial charge < -0.3 is 15.4 Å². The van der Waals surface area contributed by atoms with Crippen LogP contribution in [0.3, 0.4) is 0 Å². The van der Waals surface area contributed by atoms with Crippen LogP contribution in [0.5, 0.6) is 0 Å². The van der Waals surface area contributed by atoms with Crippen LogP contribution >= 0.6 is 0 Å². The highest BCUT2D eigenvalue weighted by atomic mass is 16.3. The van der Waals surface area contributed by atoms with Gasteiger partial charge in [-0.25, -0.2) is 0 Å². The summed E-state index contributed by atoms with van der Waals surface area (Å²) in [4.78, 5) is 18.1. The topological polar surface area (TPSA) is 92.2 Å². The van der Waals surface area contributed by atoms with Crippen molar-refractivity contribution in [1.82, 2.24) is 9.88 Å². The minimum absolute atomic E-state index is 0.178. The number of fused-ring (bicyclic) bond motifs is 1. The van der Waals surface area contributed by atoms with Crippen LogP contribution in [0.4, 0.5) is 5.69 Å². The van der Waals surface area contributed by atoms with E-state index in [4.69, 9.17) is 5.26 Å². The minimum atomic E-state index is -0.186. The smallest absolute Gasteiger partial charge is 0.257 e. The van der Waals surface area contributed by atoms with E-state index >= 15 is 0 Å². The number of H-pyrrole nitrogens is 1. The lowest BCUT2D eigenvalue weighted by molar-refractivity contribution is 0.0792. The Morgan fingerprint density at radius 2 is 2.07 bits per heavy atom. The third kappa shape index (κ3) is 3.91. The van der Waals surface area contributed by atoms with Crippen molar-refractivity contribution >= 4 is 22.5 Å². The molecule has 1 amide bonds. The fourth-order valence-electron chi connectivity index (χ4n) is 3.67. The molecule has 1 saturated heterocycles. The van der Waals surface area contributed by atoms with Crippen molar-refractivity contribution in [3.8, 4) is 6.07 Å². The fraction of sp³-hybridized carbons (Fsp3) is 0.273. The minimum Gasteiger partial charge on any atom is -0.393 e. The van der Waals surface area contributed by atoms with Crippen LogP contribution in [-0.4, -0.2) is 40.1 Å². The number of anilines is 1. The maximum absolute atomic E-state index is 12.7. The zero-order chi connectivity index (χ0) is 19.5. The van der Waals surface area contributed by atoms with Crippen molar-refractivity contribution in [1.29, 1.82) is 5.26 Å². The SMILES string of the molecule is N#Cc1ccc2c(C(=O)Nc3cccc(CN4CCC(O)CC4)c3)c[nH]c2c1. The van der Waals surface area contributed by atoms with E-state index in [-0.39, 0.29) is 12.0 Å². The van der Waals surface area contributed by atoms with Crippen molar-refractivity contribution in [2.24, 2.45) is 0 Å². The van der Waals surface area contributed by atoms with Gasteiger partial charge >= 0.3 is 0 Å². The van der Waals surface area contributed by atoms with Crippen LogP contribution in [0.25, 0.3) is 10.9 Å². The number of likely N-dealkylation sites (tertiary alicyclic amines) is 1. The van der Waals surface area contributed by atoms with Crippen molar-refractivity contribution in [3.63, 3.8) is 0 Å². The summed E-state index contributed by atoms with van der Waals surface area (Å²) in [5.74, 6) is -0.186. The van der Waals surface area contributed by atoms with Crippen LogP contribution in [0.15, 0.2) is 48.7 Å². The normalized spacial score (nSPS) is 15.4. The largest absolute Gasteiger partial charge is 0.393 e. The molecule has 0 bridgehead atoms. The molecule has 0 spiro atoms. The van der Waals surface area contributed by atoms with E-state index in [1.54, 1.807) is 24.4 Å². The van der Waals surface area contributed by atoms with E-state index in [1.165, 1.54) is 0 Å². The maximum Gasteiger partial charge on any atom is 0.257 e. The van der Waals surface area contributed by atoms with Gasteiger partial charge in [-0.2, -0.15) is 5.26 Å². The molecule has 28 heavy (non-hydrogen) atoms. The Kier molecular flexibility index (Phi) is 5.11. The van der Waals surface area contributed by atoms with E-state index in [0.717, 1.165) is 54.6 Å². The summed E-state index contributed by atoms with van der Waals surface area (Å²) in [6.45, 7) is 2.58. The van der Waals surface area contributed by atoms with Crippen molar-refractivity contribution in [2.45, 2.75) is 25.5 Å². The molecule has 1 aliphatic heterocycles. The number of benzene rings is 2. The van der Waals surface area contributed by atoms with Gasteiger partial charge in [0.25, 0.3) is 5.91 Å². The van der Waals surface area contributed by atoms with Crippen molar-refractivity contribution in [3.05, 3.63) is 65.4 Å². The lowest BCUT2D eigenvalue weighted by Crippen LogP contribution is -2.35. The highest BCUT2D eigenvalue weighted by Gasteiger charge is 2.17. The summed E-state index contributed by atoms with van der Waals surface area (Å²) >= 11 is 0. The second-order valence-electron chi connectivity index (χ2n) is 7.24. The fourth-order valence-corrected chi connectivity index (χ4v) is 3.67. The monoisotopic (exact) mass is 374 g/mol. The molecule has 3 aromatic rings. The van der Waals surface area contributed by atoms with Crippen LogP contribution in [0, 0.1) is 11.3 Å². The van der Waals surface area contributed by atoms with Gasteiger partial charge in [0.15, 0.2) is 0 Å². The number of amides is 1. The third-order valence-corrected chi connectivity index (χ3v) is 5.20. The zero-order valence-electron chi connectivity index (χ0n) is 15.5. The average Bonchev–Trinajstić information content (AvgIpc) is 3.13. The predicted octanol–water partition coefficient (Wildman–Crippen LogP) is 3.25. The highest BCUT2D eigenvalue weighted by Crippen LogP contribution is 2.22. The number of nitrogens with one attached hydrogen (secondary N) is 2. The van der Waals surface area contributed by atoms with Crippen LogP contribution in [0.2, 0.25) is 0 Å². The number of hydrogen-bond donors (Lipinski definition) is 3. The Morgan fingerprint density at radius 1 is 1.25 bits per heavy atom. The lowest BCUT2D eigenvalue weighted by atomic mass is 10.1. The summed E-state index contributed by atoms with van der Waals surface area (Å²) < 4.78 is 0. The first kappa shape index (κ1) is 18.2. The maximum atomic E-state index is 12.7. The van der Waals surface area contributed by atoms with Crippen LogP contribution in [0.1, 0.15) is 34.3 Å². The molecule has 0 aliphatic carbocycles. The first-order valence-corrected chi connectivity index (χ1v) is 9.44. The summed E-state index contributed by atoms with van der Waals surface area (Å²) in [7, 11) is 0. The molecule has 0 atom stereocenters. The molecule has 4 rings (SSSR count). The first-order valence-electron chi connectivity index (χ1n) is 9.44. The zero-order valence-corrected chi connectivity index (χ0v) is 15.5. The number of aliphatic hydroxyl groups is 1. The standard InChI is InChI=1S/C22H22N4O2/c23-12-15-4-5-19-20(13-24-21(19)11-15)22(28)25-17-3-1-2-16(10-17)14-26-8-6-18(27)7-9-26/h1-5,10-11,13,18,24,27H,6-9,14H2,(H,25,28). The van der Waals surface area contributed by atoms with Crippen molar-refractivity contribution < 1.29 is 9.90 Å². The number of aromatic nitrogens is 1. The second kappa shape index (κ2) is 7.85. The average molecular weight is 374 g/mol. The molecular weight excluding hydrogens is 352 g/mol. The summed E-state index contributed by atoms with van der Waals surface area (Å²) in [6.07, 6.45) is 3.11. The number of carbonyl (C=O) groups is 1. The third-order valence-electron chi connectivity index (χ3n) is 5.20. The number of rotatable bonds is 4. The van der Waals surface area contributed by atoms with Gasteiger partial charge in [-0.05, 0) is 42.7 Å². The Balaban J connectivity index is 1.47. The Hall–Kier alpha value is -3.14. The van der Waals surface area contributed by atoms with Gasteiger partial charge in [-0.3, -0.25) is 9.69 Å². The van der Waals surface area contributed by atoms with E-state index in [0.29, 0.717) is 11.1 Å². The first-order chi connectivity index (χ1) is 13.6. The molecule has 2 aromatic carbocycles. The molecule has 0 saturated carbocycles. The molecule has 6 heteroatoms. The molecule has 3 N–H and O–H groups in total. The molecular formula is C22H22N4O2. The van der Waals surface area contributed by atoms with E-state index in [9.17, 15) is 9.90 Å². The van der Waals surface area contributed by atoms with E-state index in [1.807, 2.05) is 18.2 Å². The molecule has 1 fully saturated rings. The van der Waals surface area contributed by atoms with Gasteiger partial charge in [-0.1, -0.05) is 18.2 Å². The Labute approximate surface area is 163 Å². The quantitative estimate of drug-likeness (QED) is 0.654. The van der Waals surface area contributed by atoms with Gasteiger partial charge in [0.2, 0.25) is 0 Å². The van der Waals surface area contributed by atoms with Gasteiger partial charge in [0.1, 0.15) is 0 Å². The molecule has 1 aliphatic rings. The van der Waals surface area contributed by atoms with Gasteiger partial charge in [0, 0.05) is 42.4 Å². The number of aliphatic hydroxyl groups excluding tert-OH is 1. The van der Waals surface area contributed by atoms with Crippen LogP contribution < -0.4 is 5.32 Å². The number of nitrogens with zero attached hydrogens (tertiary/aromatic N) is 2. The molecule has 0 unspecified atom stereocenters. The predicted molar refractivity (Wildman–Crippen MR) is 108 cm³/mol. The van der Waals surface area contributed by atoms with Crippen molar-refractivity contribution in [2.75, 3.05) is 18.4 Å². The Morgan fingerprint density at radius 3 is 2.86 bits per heavy atom. The molecule has 142 valence electrons. The second-order valence-corrected chi connectivity index (χ2v) is 7.24. The number of nitriles is 1. The van der Waals surface area contributed by atoms with E-state index in [2.05, 4.69) is 27.3 Å². The lowest BCUT2D eigenvalue weighted by Gasteiger charge is -2.29. The van der Waals surface area contributed by atoms with Gasteiger partial charge in [0.05, 0.1) is 23.3 Å². The number of aromatic amines is 1. The molecule has 1 aromatic heterocycles. The number of carbonyl (C=O) groups excluding carboxylic acids is 1. The molecule has 6 nitrogen and oxygen atoms in total. The molecule has 2 heterocycles. The Bertz CT molecular complexity index is 1040. The number of hydrogen-bond acceptors (Lipinski definition) is 4. The molecule has 0 radical (unpaired) electrons. The van der Waals surface area contributed by atoms with Crippen LogP contribution in [-0.2, 0) is 6.54 Å². The highest BCUT2D eigenvalue weighted by molar-refractivity contribution is 6.12.